The molecule has 28 heavy (non-hydrogen) atoms. The number of nitrogens with zero attached hydrogens (tertiary/aromatic N) is 1. The van der Waals surface area contributed by atoms with Crippen LogP contribution >= 0.6 is 11.3 Å². The number of aromatic nitrogens is 1. The predicted octanol–water partition coefficient (Wildman–Crippen LogP) is 3.92. The third-order valence-electron chi connectivity index (χ3n) is 4.41. The average Bonchev–Trinajstić information content (AvgIpc) is 3.30. The number of amides is 2. The van der Waals surface area contributed by atoms with Gasteiger partial charge >= 0.3 is 0 Å². The van der Waals surface area contributed by atoms with Crippen molar-refractivity contribution in [3.63, 3.8) is 0 Å². The molecule has 1 aliphatic rings. The summed E-state index contributed by atoms with van der Waals surface area (Å²) in [7, 11) is 0. The SMILES string of the molecule is CC(=O)NC1CCOc2ccc(-c3csc(NC(=O)c4ccc(C)o4)n3)cc21. The summed E-state index contributed by atoms with van der Waals surface area (Å²) in [6.07, 6.45) is 0.719. The molecule has 1 aromatic carbocycles. The maximum atomic E-state index is 12.2. The minimum absolute atomic E-state index is 0.0740. The lowest BCUT2D eigenvalue weighted by Gasteiger charge is -2.26. The van der Waals surface area contributed by atoms with E-state index < -0.39 is 0 Å². The Hall–Kier alpha value is -3.13. The number of carbonyl (C=O) groups excluding carboxylic acids is 2. The number of aryl methyl sites for hydroxylation is 1. The van der Waals surface area contributed by atoms with Crippen molar-refractivity contribution in [1.82, 2.24) is 10.3 Å². The van der Waals surface area contributed by atoms with Gasteiger partial charge in [-0.2, -0.15) is 0 Å². The number of rotatable bonds is 4. The van der Waals surface area contributed by atoms with Crippen LogP contribution in [0.25, 0.3) is 11.3 Å². The summed E-state index contributed by atoms with van der Waals surface area (Å²) in [5.74, 6) is 1.28. The highest BCUT2D eigenvalue weighted by atomic mass is 32.1. The van der Waals surface area contributed by atoms with Crippen LogP contribution < -0.4 is 15.4 Å². The van der Waals surface area contributed by atoms with E-state index in [2.05, 4.69) is 15.6 Å². The van der Waals surface area contributed by atoms with Gasteiger partial charge in [-0.3, -0.25) is 14.9 Å². The average molecular weight is 397 g/mol. The molecule has 2 N–H and O–H groups in total. The minimum atomic E-state index is -0.335. The van der Waals surface area contributed by atoms with E-state index in [1.165, 1.54) is 18.3 Å². The van der Waals surface area contributed by atoms with E-state index in [-0.39, 0.29) is 23.6 Å². The van der Waals surface area contributed by atoms with Crippen molar-refractivity contribution in [3.05, 3.63) is 52.8 Å². The largest absolute Gasteiger partial charge is 0.493 e. The Kier molecular flexibility index (Phi) is 4.87. The quantitative estimate of drug-likeness (QED) is 0.696. The molecule has 8 heteroatoms. The van der Waals surface area contributed by atoms with Crippen molar-refractivity contribution in [2.45, 2.75) is 26.3 Å². The van der Waals surface area contributed by atoms with Crippen molar-refractivity contribution in [1.29, 1.82) is 0 Å². The first-order valence-corrected chi connectivity index (χ1v) is 9.75. The van der Waals surface area contributed by atoms with E-state index in [1.54, 1.807) is 19.1 Å². The maximum Gasteiger partial charge on any atom is 0.293 e. The van der Waals surface area contributed by atoms with Crippen molar-refractivity contribution in [2.24, 2.45) is 0 Å². The second-order valence-electron chi connectivity index (χ2n) is 6.55. The molecule has 0 radical (unpaired) electrons. The Labute approximate surface area is 165 Å². The summed E-state index contributed by atoms with van der Waals surface area (Å²) in [5.41, 5.74) is 2.57. The fraction of sp³-hybridized carbons (Fsp3) is 0.250. The van der Waals surface area contributed by atoms with Gasteiger partial charge in [0.1, 0.15) is 11.5 Å². The molecule has 2 aromatic heterocycles. The Morgan fingerprint density at radius 1 is 1.25 bits per heavy atom. The van der Waals surface area contributed by atoms with Crippen molar-refractivity contribution in [2.75, 3.05) is 11.9 Å². The second kappa shape index (κ2) is 7.47. The van der Waals surface area contributed by atoms with Crippen LogP contribution in [0.15, 0.2) is 40.1 Å². The van der Waals surface area contributed by atoms with Crippen molar-refractivity contribution >= 4 is 28.3 Å². The number of fused-ring (bicyclic) bond motifs is 1. The van der Waals surface area contributed by atoms with Gasteiger partial charge in [0.15, 0.2) is 10.9 Å². The van der Waals surface area contributed by atoms with Crippen molar-refractivity contribution in [3.8, 4) is 17.0 Å². The highest BCUT2D eigenvalue weighted by Gasteiger charge is 2.23. The molecule has 0 fully saturated rings. The van der Waals surface area contributed by atoms with Crippen LogP contribution in [0, 0.1) is 6.92 Å². The van der Waals surface area contributed by atoms with Gasteiger partial charge in [0.25, 0.3) is 5.91 Å². The zero-order chi connectivity index (χ0) is 19.7. The molecule has 0 aliphatic carbocycles. The summed E-state index contributed by atoms with van der Waals surface area (Å²) < 4.78 is 11.0. The summed E-state index contributed by atoms with van der Waals surface area (Å²) in [6, 6.07) is 9.08. The summed E-state index contributed by atoms with van der Waals surface area (Å²) in [4.78, 5) is 28.2. The van der Waals surface area contributed by atoms with E-state index in [0.29, 0.717) is 17.5 Å². The van der Waals surface area contributed by atoms with Crippen LogP contribution in [0.5, 0.6) is 5.75 Å². The first-order chi connectivity index (χ1) is 13.5. The highest BCUT2D eigenvalue weighted by molar-refractivity contribution is 7.14. The Morgan fingerprint density at radius 2 is 2.11 bits per heavy atom. The molecule has 0 saturated heterocycles. The molecule has 4 rings (SSSR count). The smallest absolute Gasteiger partial charge is 0.293 e. The lowest BCUT2D eigenvalue weighted by atomic mass is 9.97. The van der Waals surface area contributed by atoms with Crippen LogP contribution in [0.2, 0.25) is 0 Å². The third kappa shape index (κ3) is 3.77. The van der Waals surface area contributed by atoms with Crippen LogP contribution in [0.4, 0.5) is 5.13 Å². The van der Waals surface area contributed by atoms with Crippen molar-refractivity contribution < 1.29 is 18.7 Å². The normalized spacial score (nSPS) is 15.4. The number of carbonyl (C=O) groups is 2. The Balaban J connectivity index is 1.55. The summed E-state index contributed by atoms with van der Waals surface area (Å²) in [6.45, 7) is 3.86. The minimum Gasteiger partial charge on any atom is -0.493 e. The van der Waals surface area contributed by atoms with Crippen LogP contribution in [0.1, 0.15) is 41.3 Å². The maximum absolute atomic E-state index is 12.2. The highest BCUT2D eigenvalue weighted by Crippen LogP contribution is 2.36. The van der Waals surface area contributed by atoms with Gasteiger partial charge in [0, 0.05) is 29.9 Å². The van der Waals surface area contributed by atoms with Gasteiger partial charge in [0.2, 0.25) is 5.91 Å². The van der Waals surface area contributed by atoms with Gasteiger partial charge < -0.3 is 14.5 Å². The number of furan rings is 1. The zero-order valence-corrected chi connectivity index (χ0v) is 16.3. The van der Waals surface area contributed by atoms with Crippen LogP contribution in [0.3, 0.4) is 0 Å². The molecule has 0 bridgehead atoms. The second-order valence-corrected chi connectivity index (χ2v) is 7.40. The lowest BCUT2D eigenvalue weighted by Crippen LogP contribution is -2.30. The molecule has 144 valence electrons. The Bertz CT molecular complexity index is 1040. The fourth-order valence-corrected chi connectivity index (χ4v) is 3.84. The number of benzene rings is 1. The molecule has 2 amide bonds. The van der Waals surface area contributed by atoms with Gasteiger partial charge in [-0.1, -0.05) is 0 Å². The number of nitrogens with one attached hydrogen (secondary N) is 2. The molecule has 0 saturated carbocycles. The molecular formula is C20H19N3O4S. The molecule has 3 aromatic rings. The molecule has 0 spiro atoms. The standard InChI is InChI=1S/C20H19N3O4S/c1-11-3-5-18(27-11)19(25)23-20-22-16(10-28-20)13-4-6-17-14(9-13)15(7-8-26-17)21-12(2)24/h3-6,9-10,15H,7-8H2,1-2H3,(H,21,24)(H,22,23,25). The first kappa shape index (κ1) is 18.2. The van der Waals surface area contributed by atoms with E-state index in [4.69, 9.17) is 9.15 Å². The summed E-state index contributed by atoms with van der Waals surface area (Å²) in [5, 5.41) is 8.08. The fourth-order valence-electron chi connectivity index (χ4n) is 3.13. The topological polar surface area (TPSA) is 93.5 Å². The number of hydrogen-bond acceptors (Lipinski definition) is 6. The first-order valence-electron chi connectivity index (χ1n) is 8.87. The van der Waals surface area contributed by atoms with Gasteiger partial charge in [0.05, 0.1) is 18.3 Å². The zero-order valence-electron chi connectivity index (χ0n) is 15.4. The van der Waals surface area contributed by atoms with E-state index >= 15 is 0 Å². The molecule has 1 atom stereocenters. The van der Waals surface area contributed by atoms with Gasteiger partial charge in [-0.25, -0.2) is 4.98 Å². The number of anilines is 1. The molecule has 3 heterocycles. The molecule has 1 aliphatic heterocycles. The molecule has 7 nitrogen and oxygen atoms in total. The number of hydrogen-bond donors (Lipinski definition) is 2. The van der Waals surface area contributed by atoms with E-state index in [1.807, 2.05) is 23.6 Å². The third-order valence-corrected chi connectivity index (χ3v) is 5.17. The molecule has 1 unspecified atom stereocenters. The lowest BCUT2D eigenvalue weighted by molar-refractivity contribution is -0.119. The number of ether oxygens (including phenoxy) is 1. The summed E-state index contributed by atoms with van der Waals surface area (Å²) >= 11 is 1.34. The van der Waals surface area contributed by atoms with E-state index in [0.717, 1.165) is 29.0 Å². The van der Waals surface area contributed by atoms with Crippen LogP contribution in [-0.4, -0.2) is 23.4 Å². The van der Waals surface area contributed by atoms with Gasteiger partial charge in [-0.15, -0.1) is 11.3 Å². The molecular weight excluding hydrogens is 378 g/mol. The van der Waals surface area contributed by atoms with Gasteiger partial charge in [-0.05, 0) is 37.3 Å². The Morgan fingerprint density at radius 3 is 2.86 bits per heavy atom. The van der Waals surface area contributed by atoms with E-state index in [9.17, 15) is 9.59 Å². The predicted molar refractivity (Wildman–Crippen MR) is 106 cm³/mol. The van der Waals surface area contributed by atoms with Crippen LogP contribution in [-0.2, 0) is 4.79 Å². The number of thiazole rings is 1. The monoisotopic (exact) mass is 397 g/mol.